The Morgan fingerprint density at radius 1 is 0.907 bits per heavy atom. The summed E-state index contributed by atoms with van der Waals surface area (Å²) in [6, 6.07) is 12.9. The van der Waals surface area contributed by atoms with Gasteiger partial charge in [-0.25, -0.2) is 4.79 Å². The molecule has 10 nitrogen and oxygen atoms in total. The summed E-state index contributed by atoms with van der Waals surface area (Å²) in [5.41, 5.74) is 1.20. The first-order chi connectivity index (χ1) is 26.0. The van der Waals surface area contributed by atoms with Gasteiger partial charge in [-0.2, -0.15) is 13.2 Å². The number of nitrogens with zero attached hydrogens (tertiary/aromatic N) is 3. The van der Waals surface area contributed by atoms with Gasteiger partial charge >= 0.3 is 12.1 Å². The Balaban J connectivity index is 1.16. The number of morpholine rings is 2. The SMILES string of the molecule is O=C(O)c1ccc(OCCCN2C(=O)/C(=C/c3cc(-c4cc(C(F)(F)F)ccc4Cl)ccc3OCCN3CCOCC3)SC2=S)c(CN2CCOCC2)c1. The average Bonchev–Trinajstić information content (AvgIpc) is 3.42. The molecular weight excluding hydrogens is 767 g/mol. The van der Waals surface area contributed by atoms with Crippen LogP contribution in [0.15, 0.2) is 59.5 Å². The summed E-state index contributed by atoms with van der Waals surface area (Å²) in [5.74, 6) is -0.315. The topological polar surface area (TPSA) is 101 Å². The Kier molecular flexibility index (Phi) is 13.5. The van der Waals surface area contributed by atoms with E-state index in [9.17, 15) is 27.9 Å². The minimum absolute atomic E-state index is 0.148. The van der Waals surface area contributed by atoms with E-state index < -0.39 is 17.7 Å². The van der Waals surface area contributed by atoms with Gasteiger partial charge in [-0.15, -0.1) is 0 Å². The minimum Gasteiger partial charge on any atom is -0.493 e. The first-order valence-corrected chi connectivity index (χ1v) is 19.0. The van der Waals surface area contributed by atoms with Gasteiger partial charge in [0.25, 0.3) is 5.91 Å². The highest BCUT2D eigenvalue weighted by Gasteiger charge is 2.33. The number of aromatic carboxylic acids is 1. The van der Waals surface area contributed by atoms with Crippen LogP contribution in [0.3, 0.4) is 0 Å². The van der Waals surface area contributed by atoms with Crippen LogP contribution in [0.2, 0.25) is 5.02 Å². The van der Waals surface area contributed by atoms with Crippen LogP contribution in [0, 0.1) is 0 Å². The Morgan fingerprint density at radius 2 is 1.59 bits per heavy atom. The van der Waals surface area contributed by atoms with Crippen LogP contribution in [0.1, 0.15) is 33.5 Å². The Morgan fingerprint density at radius 3 is 2.30 bits per heavy atom. The molecule has 16 heteroatoms. The quantitative estimate of drug-likeness (QED) is 0.104. The van der Waals surface area contributed by atoms with Crippen LogP contribution < -0.4 is 9.47 Å². The maximum atomic E-state index is 13.7. The van der Waals surface area contributed by atoms with E-state index in [-0.39, 0.29) is 35.2 Å². The van der Waals surface area contributed by atoms with Crippen LogP contribution in [0.5, 0.6) is 11.5 Å². The molecule has 3 aromatic rings. The largest absolute Gasteiger partial charge is 0.493 e. The van der Waals surface area contributed by atoms with E-state index in [0.29, 0.717) is 84.4 Å². The Hall–Kier alpha value is -3.70. The number of amides is 1. The van der Waals surface area contributed by atoms with Gasteiger partial charge < -0.3 is 24.1 Å². The molecule has 0 saturated carbocycles. The van der Waals surface area contributed by atoms with Gasteiger partial charge in [0.05, 0.1) is 49.1 Å². The first kappa shape index (κ1) is 40.0. The van der Waals surface area contributed by atoms with Crippen molar-refractivity contribution in [2.24, 2.45) is 0 Å². The lowest BCUT2D eigenvalue weighted by atomic mass is 9.99. The lowest BCUT2D eigenvalue weighted by Gasteiger charge is -2.27. The number of halogens is 4. The highest BCUT2D eigenvalue weighted by Crippen LogP contribution is 2.39. The van der Waals surface area contributed by atoms with Gasteiger partial charge in [0.15, 0.2) is 0 Å². The van der Waals surface area contributed by atoms with Crippen LogP contribution in [0.25, 0.3) is 17.2 Å². The van der Waals surface area contributed by atoms with Gasteiger partial charge in [-0.3, -0.25) is 19.5 Å². The van der Waals surface area contributed by atoms with Crippen molar-refractivity contribution in [3.8, 4) is 22.6 Å². The second-order valence-corrected chi connectivity index (χ2v) is 14.9. The summed E-state index contributed by atoms with van der Waals surface area (Å²) >= 11 is 13.1. The molecule has 0 spiro atoms. The summed E-state index contributed by atoms with van der Waals surface area (Å²) in [4.78, 5) is 31.5. The van der Waals surface area contributed by atoms with E-state index in [2.05, 4.69) is 9.80 Å². The zero-order chi connectivity index (χ0) is 38.2. The maximum Gasteiger partial charge on any atom is 0.416 e. The van der Waals surface area contributed by atoms with Crippen LogP contribution in [-0.4, -0.2) is 115 Å². The number of carbonyl (C=O) groups is 2. The number of ether oxygens (including phenoxy) is 4. The van der Waals surface area contributed by atoms with E-state index in [0.717, 1.165) is 55.6 Å². The monoisotopic (exact) mass is 805 g/mol. The zero-order valence-corrected chi connectivity index (χ0v) is 31.6. The van der Waals surface area contributed by atoms with Crippen molar-refractivity contribution in [1.29, 1.82) is 0 Å². The summed E-state index contributed by atoms with van der Waals surface area (Å²) in [7, 11) is 0. The number of benzene rings is 3. The van der Waals surface area contributed by atoms with Crippen molar-refractivity contribution in [3.05, 3.63) is 86.8 Å². The van der Waals surface area contributed by atoms with Gasteiger partial charge in [0.1, 0.15) is 22.4 Å². The van der Waals surface area contributed by atoms with Crippen LogP contribution in [-0.2, 0) is 27.0 Å². The number of alkyl halides is 3. The highest BCUT2D eigenvalue weighted by atomic mass is 35.5. The average molecular weight is 806 g/mol. The summed E-state index contributed by atoms with van der Waals surface area (Å²) in [6.07, 6.45) is -2.47. The van der Waals surface area contributed by atoms with Crippen molar-refractivity contribution in [2.75, 3.05) is 78.9 Å². The Labute approximate surface area is 325 Å². The van der Waals surface area contributed by atoms with Gasteiger partial charge in [0, 0.05) is 67.5 Å². The maximum absolute atomic E-state index is 13.7. The molecule has 3 aliphatic heterocycles. The molecule has 0 aliphatic carbocycles. The third kappa shape index (κ3) is 10.3. The van der Waals surface area contributed by atoms with Crippen LogP contribution >= 0.6 is 35.6 Å². The molecule has 0 radical (unpaired) electrons. The van der Waals surface area contributed by atoms with Crippen molar-refractivity contribution in [2.45, 2.75) is 19.1 Å². The molecule has 3 aromatic carbocycles. The molecule has 3 aliphatic rings. The van der Waals surface area contributed by atoms with Gasteiger partial charge in [-0.1, -0.05) is 41.6 Å². The standard InChI is InChI=1S/C38H39ClF3N3O7S2/c39-31-5-4-29(38(40,41)42)23-30(31)25-2-6-32(52-19-13-43-9-15-49-16-10-43)27(20-25)22-34-35(46)45(37(53)54-34)8-1-14-51-33-7-3-26(36(47)48)21-28(33)24-44-11-17-50-18-12-44/h2-7,20-23H,1,8-19,24H2,(H,47,48)/b34-22-. The number of carbonyl (C=O) groups excluding carboxylic acids is 1. The normalized spacial score (nSPS) is 18.1. The third-order valence-electron chi connectivity index (χ3n) is 9.13. The molecule has 288 valence electrons. The minimum atomic E-state index is -4.56. The molecule has 0 aromatic heterocycles. The summed E-state index contributed by atoms with van der Waals surface area (Å²) in [6.45, 7) is 7.53. The fourth-order valence-corrected chi connectivity index (χ4v) is 7.73. The fraction of sp³-hybridized carbons (Fsp3) is 0.395. The first-order valence-electron chi connectivity index (χ1n) is 17.4. The summed E-state index contributed by atoms with van der Waals surface area (Å²) in [5, 5.41) is 9.68. The van der Waals surface area contributed by atoms with E-state index >= 15 is 0 Å². The molecule has 54 heavy (non-hydrogen) atoms. The molecule has 0 bridgehead atoms. The molecule has 3 heterocycles. The van der Waals surface area contributed by atoms with E-state index in [4.69, 9.17) is 42.8 Å². The lowest BCUT2D eigenvalue weighted by Crippen LogP contribution is -2.38. The number of hydrogen-bond donors (Lipinski definition) is 1. The summed E-state index contributed by atoms with van der Waals surface area (Å²) < 4.78 is 64.3. The second-order valence-electron chi connectivity index (χ2n) is 12.8. The van der Waals surface area contributed by atoms with Crippen molar-refractivity contribution in [1.82, 2.24) is 14.7 Å². The number of hydrogen-bond acceptors (Lipinski definition) is 10. The van der Waals surface area contributed by atoms with E-state index in [1.54, 1.807) is 36.4 Å². The fourth-order valence-electron chi connectivity index (χ4n) is 6.21. The molecular formula is C38H39ClF3N3O7S2. The number of carboxylic acids is 1. The molecule has 0 unspecified atom stereocenters. The number of thiocarbonyl (C=S) groups is 1. The Bertz CT molecular complexity index is 1890. The predicted molar refractivity (Wildman–Crippen MR) is 204 cm³/mol. The molecule has 6 rings (SSSR count). The second kappa shape index (κ2) is 18.3. The zero-order valence-electron chi connectivity index (χ0n) is 29.2. The molecule has 0 atom stereocenters. The van der Waals surface area contributed by atoms with E-state index in [1.165, 1.54) is 17.0 Å². The molecule has 1 N–H and O–H groups in total. The van der Waals surface area contributed by atoms with Crippen molar-refractivity contribution < 1.29 is 46.8 Å². The smallest absolute Gasteiger partial charge is 0.416 e. The van der Waals surface area contributed by atoms with Gasteiger partial charge in [-0.05, 0) is 66.6 Å². The predicted octanol–water partition coefficient (Wildman–Crippen LogP) is 6.94. The highest BCUT2D eigenvalue weighted by molar-refractivity contribution is 8.26. The third-order valence-corrected chi connectivity index (χ3v) is 10.8. The van der Waals surface area contributed by atoms with Crippen LogP contribution in [0.4, 0.5) is 13.2 Å². The molecule has 1 amide bonds. The molecule has 3 saturated heterocycles. The number of thioether (sulfide) groups is 1. The lowest BCUT2D eigenvalue weighted by molar-refractivity contribution is -0.137. The number of rotatable bonds is 14. The van der Waals surface area contributed by atoms with Crippen molar-refractivity contribution in [3.63, 3.8) is 0 Å². The van der Waals surface area contributed by atoms with Gasteiger partial charge in [0.2, 0.25) is 0 Å². The van der Waals surface area contributed by atoms with Crippen molar-refractivity contribution >= 4 is 57.9 Å². The van der Waals surface area contributed by atoms with E-state index in [1.807, 2.05) is 0 Å². The number of carboxylic acid groups (broad SMARTS) is 1. The molecule has 3 fully saturated rings.